The molecule has 0 saturated carbocycles. The third-order valence-corrected chi connectivity index (χ3v) is 6.09. The van der Waals surface area contributed by atoms with Crippen LogP contribution in [0.5, 0.6) is 0 Å². The number of fused-ring (bicyclic) bond motifs is 3. The van der Waals surface area contributed by atoms with Crippen LogP contribution in [0.3, 0.4) is 0 Å². The first kappa shape index (κ1) is 16.7. The fourth-order valence-electron chi connectivity index (χ4n) is 3.35. The predicted molar refractivity (Wildman–Crippen MR) is 103 cm³/mol. The Balaban J connectivity index is 1.50. The van der Waals surface area contributed by atoms with Gasteiger partial charge >= 0.3 is 0 Å². The second kappa shape index (κ2) is 7.22. The zero-order valence-corrected chi connectivity index (χ0v) is 14.9. The van der Waals surface area contributed by atoms with Crippen LogP contribution in [0.4, 0.5) is 0 Å². The van der Waals surface area contributed by atoms with Crippen molar-refractivity contribution in [3.8, 4) is 11.1 Å². The minimum atomic E-state index is -1.34. The van der Waals surface area contributed by atoms with Gasteiger partial charge < -0.3 is 5.32 Å². The molecule has 1 amide bonds. The molecule has 5 heteroatoms. The summed E-state index contributed by atoms with van der Waals surface area (Å²) in [4.78, 5) is 16.5. The Morgan fingerprint density at radius 3 is 2.15 bits per heavy atom. The van der Waals surface area contributed by atoms with Crippen LogP contribution in [0.1, 0.15) is 22.1 Å². The Morgan fingerprint density at radius 2 is 1.54 bits per heavy atom. The molecule has 1 unspecified atom stereocenters. The van der Waals surface area contributed by atoms with Gasteiger partial charge in [0.2, 0.25) is 5.91 Å². The average Bonchev–Trinajstić information content (AvgIpc) is 3.02. The summed E-state index contributed by atoms with van der Waals surface area (Å²) in [6.07, 6.45) is 1.69. The van der Waals surface area contributed by atoms with Gasteiger partial charge in [-0.3, -0.25) is 14.0 Å². The molecule has 1 atom stereocenters. The molecule has 1 aromatic heterocycles. The fourth-order valence-corrected chi connectivity index (χ4v) is 4.85. The van der Waals surface area contributed by atoms with Crippen LogP contribution in [-0.2, 0) is 22.1 Å². The number of amides is 1. The number of nitrogens with one attached hydrogen (secondary N) is 1. The topological polar surface area (TPSA) is 59.1 Å². The highest BCUT2D eigenvalue weighted by atomic mass is 32.2. The van der Waals surface area contributed by atoms with Crippen LogP contribution < -0.4 is 5.32 Å². The first-order valence-electron chi connectivity index (χ1n) is 8.46. The van der Waals surface area contributed by atoms with Crippen LogP contribution >= 0.6 is 0 Å². The molecular formula is C21H18N2O2S. The van der Waals surface area contributed by atoms with Gasteiger partial charge in [-0.05, 0) is 34.4 Å². The van der Waals surface area contributed by atoms with E-state index in [0.29, 0.717) is 6.54 Å². The summed E-state index contributed by atoms with van der Waals surface area (Å²) in [7, 11) is -1.34. The van der Waals surface area contributed by atoms with Gasteiger partial charge in [-0.2, -0.15) is 0 Å². The number of hydrogen-bond donors (Lipinski definition) is 1. The molecule has 3 aromatic rings. The SMILES string of the molecule is O=C(CS(=O)C1c2ccccc2-c2ccccc21)NCc1ccccn1. The molecule has 1 aliphatic carbocycles. The van der Waals surface area contributed by atoms with Crippen molar-refractivity contribution in [1.29, 1.82) is 0 Å². The molecule has 4 nitrogen and oxygen atoms in total. The van der Waals surface area contributed by atoms with Gasteiger partial charge in [0.05, 0.1) is 17.5 Å². The molecule has 0 aliphatic heterocycles. The van der Waals surface area contributed by atoms with Crippen LogP contribution in [-0.4, -0.2) is 20.9 Å². The Kier molecular flexibility index (Phi) is 4.63. The average molecular weight is 362 g/mol. The van der Waals surface area contributed by atoms with E-state index in [9.17, 15) is 9.00 Å². The molecule has 0 spiro atoms. The molecule has 0 bridgehead atoms. The maximum absolute atomic E-state index is 13.0. The Morgan fingerprint density at radius 1 is 0.923 bits per heavy atom. The zero-order valence-electron chi connectivity index (χ0n) is 14.1. The lowest BCUT2D eigenvalue weighted by Crippen LogP contribution is -2.29. The lowest BCUT2D eigenvalue weighted by Gasteiger charge is -2.13. The summed E-state index contributed by atoms with van der Waals surface area (Å²) < 4.78 is 13.0. The summed E-state index contributed by atoms with van der Waals surface area (Å²) >= 11 is 0. The summed E-state index contributed by atoms with van der Waals surface area (Å²) in [5.41, 5.74) is 5.06. The highest BCUT2D eigenvalue weighted by Crippen LogP contribution is 2.46. The molecule has 1 heterocycles. The van der Waals surface area contributed by atoms with Crippen molar-refractivity contribution in [2.24, 2.45) is 0 Å². The van der Waals surface area contributed by atoms with Crippen LogP contribution in [0, 0.1) is 0 Å². The second-order valence-electron chi connectivity index (χ2n) is 6.18. The minimum Gasteiger partial charge on any atom is -0.350 e. The van der Waals surface area contributed by atoms with E-state index in [0.717, 1.165) is 27.9 Å². The van der Waals surface area contributed by atoms with Gasteiger partial charge in [0, 0.05) is 17.0 Å². The van der Waals surface area contributed by atoms with Crippen molar-refractivity contribution >= 4 is 16.7 Å². The first-order valence-corrected chi connectivity index (χ1v) is 9.84. The molecule has 2 aromatic carbocycles. The second-order valence-corrected chi connectivity index (χ2v) is 7.70. The lowest BCUT2D eigenvalue weighted by atomic mass is 10.1. The number of rotatable bonds is 5. The van der Waals surface area contributed by atoms with Crippen molar-refractivity contribution in [2.45, 2.75) is 11.8 Å². The maximum Gasteiger partial charge on any atom is 0.232 e. The van der Waals surface area contributed by atoms with E-state index in [-0.39, 0.29) is 16.9 Å². The maximum atomic E-state index is 13.0. The quantitative estimate of drug-likeness (QED) is 0.758. The molecule has 130 valence electrons. The van der Waals surface area contributed by atoms with E-state index < -0.39 is 10.8 Å². The van der Waals surface area contributed by atoms with Crippen molar-refractivity contribution in [3.05, 3.63) is 89.7 Å². The van der Waals surface area contributed by atoms with E-state index >= 15 is 0 Å². The summed E-state index contributed by atoms with van der Waals surface area (Å²) in [6.45, 7) is 0.342. The van der Waals surface area contributed by atoms with Crippen molar-refractivity contribution in [3.63, 3.8) is 0 Å². The van der Waals surface area contributed by atoms with Crippen molar-refractivity contribution in [2.75, 3.05) is 5.75 Å². The molecule has 0 radical (unpaired) electrons. The van der Waals surface area contributed by atoms with Gasteiger partial charge in [-0.1, -0.05) is 54.6 Å². The van der Waals surface area contributed by atoms with E-state index in [1.807, 2.05) is 66.7 Å². The van der Waals surface area contributed by atoms with Gasteiger partial charge in [-0.15, -0.1) is 0 Å². The minimum absolute atomic E-state index is 0.0276. The van der Waals surface area contributed by atoms with E-state index in [1.165, 1.54) is 0 Å². The van der Waals surface area contributed by atoms with Gasteiger partial charge in [0.1, 0.15) is 5.75 Å². The number of hydrogen-bond acceptors (Lipinski definition) is 3. The third kappa shape index (κ3) is 3.18. The Bertz CT molecular complexity index is 927. The Labute approximate surface area is 154 Å². The van der Waals surface area contributed by atoms with Gasteiger partial charge in [0.25, 0.3) is 0 Å². The monoisotopic (exact) mass is 362 g/mol. The largest absolute Gasteiger partial charge is 0.350 e. The summed E-state index contributed by atoms with van der Waals surface area (Å²) in [5.74, 6) is -0.254. The molecular weight excluding hydrogens is 344 g/mol. The van der Waals surface area contributed by atoms with Crippen LogP contribution in [0.2, 0.25) is 0 Å². The summed E-state index contributed by atoms with van der Waals surface area (Å²) in [6, 6.07) is 21.5. The van der Waals surface area contributed by atoms with Crippen LogP contribution in [0.15, 0.2) is 72.9 Å². The molecule has 1 aliphatic rings. The Hall–Kier alpha value is -2.79. The van der Waals surface area contributed by atoms with Gasteiger partial charge in [-0.25, -0.2) is 0 Å². The number of aromatic nitrogens is 1. The van der Waals surface area contributed by atoms with E-state index in [1.54, 1.807) is 6.20 Å². The number of carbonyl (C=O) groups is 1. The van der Waals surface area contributed by atoms with Crippen LogP contribution in [0.25, 0.3) is 11.1 Å². The number of benzene rings is 2. The van der Waals surface area contributed by atoms with Gasteiger partial charge in [0.15, 0.2) is 0 Å². The predicted octanol–water partition coefficient (Wildman–Crippen LogP) is 3.22. The first-order chi connectivity index (χ1) is 12.7. The van der Waals surface area contributed by atoms with E-state index in [2.05, 4.69) is 10.3 Å². The smallest absolute Gasteiger partial charge is 0.232 e. The molecule has 0 saturated heterocycles. The third-order valence-electron chi connectivity index (χ3n) is 4.51. The number of carbonyl (C=O) groups excluding carboxylic acids is 1. The molecule has 1 N–H and O–H groups in total. The molecule has 26 heavy (non-hydrogen) atoms. The lowest BCUT2D eigenvalue weighted by molar-refractivity contribution is -0.118. The standard InChI is InChI=1S/C21H18N2O2S/c24-20(23-13-15-7-5-6-12-22-15)14-26(25)21-18-10-3-1-8-16(18)17-9-2-4-11-19(17)21/h1-12,21H,13-14H2,(H,23,24). The van der Waals surface area contributed by atoms with Crippen molar-refractivity contribution < 1.29 is 9.00 Å². The van der Waals surface area contributed by atoms with Crippen molar-refractivity contribution in [1.82, 2.24) is 10.3 Å². The summed E-state index contributed by atoms with van der Waals surface area (Å²) in [5, 5.41) is 2.55. The van der Waals surface area contributed by atoms with E-state index in [4.69, 9.17) is 0 Å². The normalized spacial score (nSPS) is 13.7. The number of pyridine rings is 1. The highest BCUT2D eigenvalue weighted by Gasteiger charge is 2.33. The molecule has 0 fully saturated rings. The number of nitrogens with zero attached hydrogens (tertiary/aromatic N) is 1. The highest BCUT2D eigenvalue weighted by molar-refractivity contribution is 7.86. The fraction of sp³-hybridized carbons (Fsp3) is 0.143. The molecule has 4 rings (SSSR count). The zero-order chi connectivity index (χ0) is 17.9.